The van der Waals surface area contributed by atoms with Crippen LogP contribution in [0.2, 0.25) is 0 Å². The summed E-state index contributed by atoms with van der Waals surface area (Å²) in [6.07, 6.45) is 6.00. The molecule has 0 atom stereocenters. The molecule has 0 saturated carbocycles. The highest BCUT2D eigenvalue weighted by molar-refractivity contribution is 14.0. The van der Waals surface area contributed by atoms with Crippen LogP contribution < -0.4 is 15.4 Å². The van der Waals surface area contributed by atoms with E-state index < -0.39 is 0 Å². The van der Waals surface area contributed by atoms with Crippen molar-refractivity contribution in [2.24, 2.45) is 4.99 Å². The minimum absolute atomic E-state index is 0. The number of hydrogen-bond donors (Lipinski definition) is 2. The predicted octanol–water partition coefficient (Wildman–Crippen LogP) is 3.48. The summed E-state index contributed by atoms with van der Waals surface area (Å²) in [6.45, 7) is 4.48. The lowest BCUT2D eigenvalue weighted by Gasteiger charge is -2.11. The second kappa shape index (κ2) is 13.0. The number of guanidine groups is 1. The second-order valence-electron chi connectivity index (χ2n) is 6.79. The van der Waals surface area contributed by atoms with E-state index in [-0.39, 0.29) is 24.0 Å². The summed E-state index contributed by atoms with van der Waals surface area (Å²) in [7, 11) is 1.69. The number of methoxy groups -OCH3 is 1. The van der Waals surface area contributed by atoms with E-state index in [9.17, 15) is 0 Å². The first kappa shape index (κ1) is 23.9. The van der Waals surface area contributed by atoms with Crippen LogP contribution in [0.5, 0.6) is 5.75 Å². The van der Waals surface area contributed by atoms with Gasteiger partial charge in [0, 0.05) is 32.3 Å². The molecule has 30 heavy (non-hydrogen) atoms. The third kappa shape index (κ3) is 7.16. The number of halogens is 1. The SMILES string of the molecule is CCNC(=NCCCCc1ccc(OC)cc1)NCCc1nnc2ccccn12.I. The standard InChI is InChI=1S/C22H30N6O.HI/c1-3-23-22(24-15-6-4-8-18-10-12-19(29-2)13-11-18)25-16-14-21-27-26-20-9-5-7-17-28(20)21;/h5,7,9-13,17H,3-4,6,8,14-16H2,1-2H3,(H2,23,24,25);1H. The Hall–Kier alpha value is -2.36. The van der Waals surface area contributed by atoms with Gasteiger partial charge >= 0.3 is 0 Å². The zero-order valence-corrected chi connectivity index (χ0v) is 20.0. The quantitative estimate of drug-likeness (QED) is 0.185. The van der Waals surface area contributed by atoms with Crippen molar-refractivity contribution in [3.05, 3.63) is 60.0 Å². The van der Waals surface area contributed by atoms with E-state index in [1.54, 1.807) is 7.11 Å². The number of benzene rings is 1. The summed E-state index contributed by atoms with van der Waals surface area (Å²) in [4.78, 5) is 4.68. The molecule has 0 unspecified atom stereocenters. The third-order valence-corrected chi connectivity index (χ3v) is 4.67. The maximum Gasteiger partial charge on any atom is 0.191 e. The van der Waals surface area contributed by atoms with E-state index in [2.05, 4.69) is 44.9 Å². The van der Waals surface area contributed by atoms with Gasteiger partial charge in [0.25, 0.3) is 0 Å². The highest BCUT2D eigenvalue weighted by Gasteiger charge is 2.05. The number of unbranched alkanes of at least 4 members (excludes halogenated alkanes) is 1. The molecule has 0 aliphatic rings. The molecule has 0 spiro atoms. The first-order chi connectivity index (χ1) is 14.3. The van der Waals surface area contributed by atoms with Crippen LogP contribution in [0.3, 0.4) is 0 Å². The normalized spacial score (nSPS) is 11.2. The zero-order valence-electron chi connectivity index (χ0n) is 17.7. The van der Waals surface area contributed by atoms with Crippen molar-refractivity contribution in [1.82, 2.24) is 25.2 Å². The van der Waals surface area contributed by atoms with Crippen molar-refractivity contribution in [3.8, 4) is 5.75 Å². The Kier molecular flexibility index (Phi) is 10.4. The van der Waals surface area contributed by atoms with E-state index in [0.29, 0.717) is 0 Å². The predicted molar refractivity (Wildman–Crippen MR) is 132 cm³/mol. The molecule has 0 fully saturated rings. The molecule has 3 rings (SSSR count). The number of hydrogen-bond acceptors (Lipinski definition) is 4. The third-order valence-electron chi connectivity index (χ3n) is 4.67. The van der Waals surface area contributed by atoms with Crippen molar-refractivity contribution in [2.45, 2.75) is 32.6 Å². The zero-order chi connectivity index (χ0) is 20.3. The maximum atomic E-state index is 5.20. The summed E-state index contributed by atoms with van der Waals surface area (Å²) in [5.41, 5.74) is 2.21. The van der Waals surface area contributed by atoms with Gasteiger partial charge in [0.2, 0.25) is 0 Å². The van der Waals surface area contributed by atoms with Gasteiger partial charge in [-0.05, 0) is 56.0 Å². The second-order valence-corrected chi connectivity index (χ2v) is 6.79. The van der Waals surface area contributed by atoms with E-state index in [1.807, 2.05) is 40.9 Å². The summed E-state index contributed by atoms with van der Waals surface area (Å²) in [5.74, 6) is 2.70. The Bertz CT molecular complexity index is 909. The van der Waals surface area contributed by atoms with Crippen molar-refractivity contribution >= 4 is 35.6 Å². The molecule has 0 aliphatic carbocycles. The molecular formula is C22H31IN6O. The number of aliphatic imine (C=N–C) groups is 1. The minimum Gasteiger partial charge on any atom is -0.497 e. The van der Waals surface area contributed by atoms with Crippen LogP contribution >= 0.6 is 24.0 Å². The van der Waals surface area contributed by atoms with Crippen LogP contribution in [0.4, 0.5) is 0 Å². The van der Waals surface area contributed by atoms with Crippen LogP contribution in [0.1, 0.15) is 31.2 Å². The summed E-state index contributed by atoms with van der Waals surface area (Å²) >= 11 is 0. The molecule has 1 aromatic carbocycles. The highest BCUT2D eigenvalue weighted by atomic mass is 127. The Morgan fingerprint density at radius 2 is 1.87 bits per heavy atom. The molecule has 0 bridgehead atoms. The molecule has 0 aliphatic heterocycles. The lowest BCUT2D eigenvalue weighted by Crippen LogP contribution is -2.38. The van der Waals surface area contributed by atoms with Gasteiger partial charge in [0.1, 0.15) is 11.6 Å². The molecule has 7 nitrogen and oxygen atoms in total. The molecule has 3 aromatic rings. The average Bonchev–Trinajstić information content (AvgIpc) is 3.17. The number of ether oxygens (including phenoxy) is 1. The lowest BCUT2D eigenvalue weighted by molar-refractivity contribution is 0.414. The summed E-state index contributed by atoms with van der Waals surface area (Å²) < 4.78 is 7.22. The minimum atomic E-state index is 0. The Morgan fingerprint density at radius 3 is 2.63 bits per heavy atom. The van der Waals surface area contributed by atoms with E-state index in [0.717, 1.165) is 68.5 Å². The maximum absolute atomic E-state index is 5.20. The van der Waals surface area contributed by atoms with Gasteiger partial charge < -0.3 is 15.4 Å². The fraction of sp³-hybridized carbons (Fsp3) is 0.409. The Labute approximate surface area is 195 Å². The van der Waals surface area contributed by atoms with Gasteiger partial charge in [-0.2, -0.15) is 0 Å². The molecule has 0 amide bonds. The number of pyridine rings is 1. The summed E-state index contributed by atoms with van der Waals surface area (Å²) in [5, 5.41) is 15.2. The van der Waals surface area contributed by atoms with E-state index in [4.69, 9.17) is 4.74 Å². The van der Waals surface area contributed by atoms with E-state index >= 15 is 0 Å². The van der Waals surface area contributed by atoms with Gasteiger partial charge in [0.05, 0.1) is 7.11 Å². The van der Waals surface area contributed by atoms with Gasteiger partial charge in [-0.25, -0.2) is 0 Å². The number of aromatic nitrogens is 3. The van der Waals surface area contributed by atoms with Crippen LogP contribution in [-0.2, 0) is 12.8 Å². The topological polar surface area (TPSA) is 75.8 Å². The largest absolute Gasteiger partial charge is 0.497 e. The molecule has 0 radical (unpaired) electrons. The molecule has 2 aromatic heterocycles. The first-order valence-corrected chi connectivity index (χ1v) is 10.2. The monoisotopic (exact) mass is 522 g/mol. The molecule has 2 heterocycles. The van der Waals surface area contributed by atoms with Gasteiger partial charge in [-0.1, -0.05) is 18.2 Å². The van der Waals surface area contributed by atoms with Gasteiger partial charge in [-0.3, -0.25) is 9.39 Å². The smallest absolute Gasteiger partial charge is 0.191 e. The molecule has 8 heteroatoms. The lowest BCUT2D eigenvalue weighted by atomic mass is 10.1. The van der Waals surface area contributed by atoms with Gasteiger partial charge in [0.15, 0.2) is 11.6 Å². The van der Waals surface area contributed by atoms with Crippen LogP contribution in [0, 0.1) is 0 Å². The van der Waals surface area contributed by atoms with Gasteiger partial charge in [-0.15, -0.1) is 34.2 Å². The van der Waals surface area contributed by atoms with Crippen molar-refractivity contribution < 1.29 is 4.74 Å². The Morgan fingerprint density at radius 1 is 1.03 bits per heavy atom. The van der Waals surface area contributed by atoms with Crippen molar-refractivity contribution in [1.29, 1.82) is 0 Å². The van der Waals surface area contributed by atoms with E-state index in [1.165, 1.54) is 5.56 Å². The number of nitrogens with zero attached hydrogens (tertiary/aromatic N) is 4. The van der Waals surface area contributed by atoms with Crippen LogP contribution in [0.25, 0.3) is 5.65 Å². The molecule has 162 valence electrons. The van der Waals surface area contributed by atoms with Crippen molar-refractivity contribution in [2.75, 3.05) is 26.7 Å². The molecule has 0 saturated heterocycles. The number of fused-ring (bicyclic) bond motifs is 1. The highest BCUT2D eigenvalue weighted by Crippen LogP contribution is 2.13. The van der Waals surface area contributed by atoms with Crippen LogP contribution in [0.15, 0.2) is 53.7 Å². The van der Waals surface area contributed by atoms with Crippen LogP contribution in [-0.4, -0.2) is 47.3 Å². The first-order valence-electron chi connectivity index (χ1n) is 10.2. The fourth-order valence-corrected chi connectivity index (χ4v) is 3.12. The number of rotatable bonds is 10. The average molecular weight is 522 g/mol. The number of aryl methyl sites for hydroxylation is 1. The summed E-state index contributed by atoms with van der Waals surface area (Å²) in [6, 6.07) is 14.2. The molecule has 2 N–H and O–H groups in total. The fourth-order valence-electron chi connectivity index (χ4n) is 3.12. The molecular weight excluding hydrogens is 491 g/mol. The Balaban J connectivity index is 0.00000320. The number of nitrogens with one attached hydrogen (secondary N) is 2. The van der Waals surface area contributed by atoms with Crippen molar-refractivity contribution in [3.63, 3.8) is 0 Å².